The van der Waals surface area contributed by atoms with Gasteiger partial charge >= 0.3 is 4.45 Å². The van der Waals surface area contributed by atoms with E-state index in [0.717, 1.165) is 46.0 Å². The molecule has 11 heteroatoms. The van der Waals surface area contributed by atoms with Crippen molar-refractivity contribution in [3.05, 3.63) is 243 Å². The maximum Gasteiger partial charge on any atom is 0.354 e. The highest BCUT2D eigenvalue weighted by molar-refractivity contribution is 8.15. The summed E-state index contributed by atoms with van der Waals surface area (Å²) in [4.78, 5) is 9.65. The first-order valence-electron chi connectivity index (χ1n) is 18.3. The minimum absolute atomic E-state index is 0.869. The minimum Gasteiger partial charge on any atom is -0.457 e. The fraction of sp³-hybridized carbons (Fsp3) is 0. The number of rotatable bonds is 8. The molecule has 0 heterocycles. The summed E-state index contributed by atoms with van der Waals surface area (Å²) in [5.74, 6) is 6.95. The fourth-order valence-corrected chi connectivity index (χ4v) is 5.05. The molecule has 0 saturated heterocycles. The molecule has 60 heavy (non-hydrogen) atoms. The predicted molar refractivity (Wildman–Crippen MR) is 238 cm³/mol. The van der Waals surface area contributed by atoms with Gasteiger partial charge < -0.3 is 18.9 Å². The maximum atomic E-state index is 9.65. The second kappa shape index (κ2) is 27.2. The molecule has 0 fully saturated rings. The lowest BCUT2D eigenvalue weighted by Crippen LogP contribution is -1.96. The number of benzene rings is 8. The van der Waals surface area contributed by atoms with Crippen LogP contribution >= 0.6 is 0 Å². The van der Waals surface area contributed by atoms with E-state index >= 15 is 0 Å². The molecule has 0 spiro atoms. The highest BCUT2D eigenvalue weighted by Gasteiger charge is 2.04. The van der Waals surface area contributed by atoms with Crippen molar-refractivity contribution >= 4 is 25.9 Å². The zero-order valence-electron chi connectivity index (χ0n) is 32.2. The lowest BCUT2D eigenvalue weighted by atomic mass is 10.3. The van der Waals surface area contributed by atoms with E-state index in [1.165, 1.54) is 0 Å². The van der Waals surface area contributed by atoms with E-state index in [0.29, 0.717) is 0 Å². The van der Waals surface area contributed by atoms with E-state index in [1.54, 1.807) is 0 Å². The second-order valence-corrected chi connectivity index (χ2v) is 13.9. The van der Waals surface area contributed by atoms with Crippen LogP contribution in [0.5, 0.6) is 46.0 Å². The van der Waals surface area contributed by atoms with Gasteiger partial charge in [0.25, 0.3) is 0 Å². The zero-order chi connectivity index (χ0) is 42.5. The van der Waals surface area contributed by atoms with E-state index < -0.39 is 25.9 Å². The minimum atomic E-state index is -3.44. The van der Waals surface area contributed by atoms with Crippen LogP contribution in [0, 0.1) is 0 Å². The lowest BCUT2D eigenvalue weighted by Gasteiger charge is -2.03. The number of para-hydroxylation sites is 8. The van der Waals surface area contributed by atoms with Gasteiger partial charge in [0.1, 0.15) is 46.0 Å². The summed E-state index contributed by atoms with van der Waals surface area (Å²) in [5, 5.41) is 0. The van der Waals surface area contributed by atoms with Crippen molar-refractivity contribution in [2.75, 3.05) is 0 Å². The van der Waals surface area contributed by atoms with Gasteiger partial charge in [0.05, 0.1) is 0 Å². The number of hydrogen-bond donors (Lipinski definition) is 2. The number of thiol groups is 2. The normalized spacial score (nSPS) is 9.63. The highest BCUT2D eigenvalue weighted by Crippen LogP contribution is 2.22. The molecule has 0 bridgehead atoms. The van der Waals surface area contributed by atoms with Gasteiger partial charge in [-0.15, -0.1) is 0 Å². The van der Waals surface area contributed by atoms with Crippen LogP contribution in [0.1, 0.15) is 0 Å². The van der Waals surface area contributed by atoms with Crippen LogP contribution in [-0.2, 0) is 21.4 Å². The first-order valence-corrected chi connectivity index (χ1v) is 20.7. The number of ether oxygens (including phenoxy) is 4. The van der Waals surface area contributed by atoms with E-state index in [2.05, 4.69) is 0 Å². The number of hydrogen-bond acceptors (Lipinski definition) is 9. The Morgan fingerprint density at radius 1 is 0.233 bits per heavy atom. The van der Waals surface area contributed by atoms with Crippen molar-refractivity contribution in [2.45, 2.75) is 0 Å². The van der Waals surface area contributed by atoms with Crippen LogP contribution < -0.4 is 18.9 Å². The van der Waals surface area contributed by atoms with Crippen molar-refractivity contribution in [1.82, 2.24) is 0 Å². The Kier molecular flexibility index (Phi) is 20.5. The van der Waals surface area contributed by atoms with Gasteiger partial charge in [-0.25, -0.2) is 16.8 Å². The molecule has 0 atom stereocenters. The summed E-state index contributed by atoms with van der Waals surface area (Å²) in [5.41, 5.74) is 0. The van der Waals surface area contributed by atoms with E-state index in [4.69, 9.17) is 18.9 Å². The molecule has 9 nitrogen and oxygen atoms in total. The SMILES string of the molecule is O=C([SH](=O)=O)[SH](=O)=O.c1ccc(Oc2ccccc2)cc1.c1ccc(Oc2ccccc2)cc1.c1ccc(Oc2ccccc2)cc1.c1ccc(Oc2ccccc2)cc1. The molecule has 8 aromatic carbocycles. The summed E-state index contributed by atoms with van der Waals surface area (Å²) < 4.78 is 58.4. The van der Waals surface area contributed by atoms with E-state index in [9.17, 15) is 21.6 Å². The monoisotopic (exact) mass is 838 g/mol. The Balaban J connectivity index is 0.000000167. The van der Waals surface area contributed by atoms with Gasteiger partial charge in [-0.2, -0.15) is 0 Å². The van der Waals surface area contributed by atoms with Gasteiger partial charge in [0.15, 0.2) is 0 Å². The van der Waals surface area contributed by atoms with Gasteiger partial charge in [-0.3, -0.25) is 4.79 Å². The van der Waals surface area contributed by atoms with Crippen molar-refractivity contribution < 1.29 is 40.6 Å². The summed E-state index contributed by atoms with van der Waals surface area (Å²) >= 11 is 0. The topological polar surface area (TPSA) is 122 Å². The Labute approximate surface area is 353 Å². The highest BCUT2D eigenvalue weighted by atomic mass is 32.2. The summed E-state index contributed by atoms with van der Waals surface area (Å²) in [6.45, 7) is 0. The van der Waals surface area contributed by atoms with E-state index in [1.807, 2.05) is 243 Å². The predicted octanol–water partition coefficient (Wildman–Crippen LogP) is 12.2. The fourth-order valence-electron chi connectivity index (χ4n) is 4.52. The standard InChI is InChI=1S/4C12H10O.CH2O5S2/c4*1-3-7-11(8-4-1)13-12-9-5-2-6-10-12;2-1(7(3)4)8(5)6/h4*1-10H;7-8H. The van der Waals surface area contributed by atoms with Gasteiger partial charge in [-0.05, 0) is 97.1 Å². The first-order chi connectivity index (χ1) is 29.4. The smallest absolute Gasteiger partial charge is 0.354 e. The Morgan fingerprint density at radius 2 is 0.350 bits per heavy atom. The Hall–Kier alpha value is -7.47. The second-order valence-electron chi connectivity index (χ2n) is 11.7. The average molecular weight is 839 g/mol. The molecular weight excluding hydrogens is 797 g/mol. The van der Waals surface area contributed by atoms with Crippen molar-refractivity contribution in [2.24, 2.45) is 0 Å². The molecule has 0 aliphatic carbocycles. The van der Waals surface area contributed by atoms with Crippen LogP contribution in [0.2, 0.25) is 0 Å². The zero-order valence-corrected chi connectivity index (χ0v) is 34.0. The maximum absolute atomic E-state index is 9.65. The van der Waals surface area contributed by atoms with Crippen molar-refractivity contribution in [3.63, 3.8) is 0 Å². The van der Waals surface area contributed by atoms with Gasteiger partial charge in [-0.1, -0.05) is 146 Å². The van der Waals surface area contributed by atoms with Gasteiger partial charge in [0.2, 0.25) is 21.4 Å². The molecule has 0 amide bonds. The third-order valence-electron chi connectivity index (χ3n) is 7.20. The van der Waals surface area contributed by atoms with Crippen LogP contribution in [-0.4, -0.2) is 21.3 Å². The van der Waals surface area contributed by atoms with Crippen molar-refractivity contribution in [3.8, 4) is 46.0 Å². The third-order valence-corrected chi connectivity index (χ3v) is 8.81. The Bertz CT molecular complexity index is 1990. The van der Waals surface area contributed by atoms with Crippen LogP contribution in [0.25, 0.3) is 0 Å². The molecule has 0 N–H and O–H groups in total. The molecule has 0 saturated carbocycles. The average Bonchev–Trinajstić information content (AvgIpc) is 3.30. The molecule has 0 aromatic heterocycles. The first kappa shape index (κ1) is 45.2. The van der Waals surface area contributed by atoms with Crippen LogP contribution in [0.4, 0.5) is 4.79 Å². The lowest BCUT2D eigenvalue weighted by molar-refractivity contribution is 0.274. The number of carbonyl (C=O) groups is 1. The third kappa shape index (κ3) is 19.1. The number of carbonyl (C=O) groups excluding carboxylic acids is 1. The molecule has 0 aliphatic rings. The largest absolute Gasteiger partial charge is 0.457 e. The van der Waals surface area contributed by atoms with E-state index in [-0.39, 0.29) is 0 Å². The molecule has 8 aromatic rings. The van der Waals surface area contributed by atoms with Crippen LogP contribution in [0.15, 0.2) is 243 Å². The summed E-state index contributed by atoms with van der Waals surface area (Å²) in [6, 6.07) is 78.1. The quantitative estimate of drug-likeness (QED) is 0.144. The molecular formula is C49H42O9S2. The molecule has 0 unspecified atom stereocenters. The van der Waals surface area contributed by atoms with Crippen LogP contribution in [0.3, 0.4) is 0 Å². The molecule has 8 rings (SSSR count). The van der Waals surface area contributed by atoms with Gasteiger partial charge in [0, 0.05) is 0 Å². The summed E-state index contributed by atoms with van der Waals surface area (Å²) in [6.07, 6.45) is 0. The molecule has 0 radical (unpaired) electrons. The van der Waals surface area contributed by atoms with Crippen molar-refractivity contribution in [1.29, 1.82) is 0 Å². The Morgan fingerprint density at radius 3 is 0.433 bits per heavy atom. The molecule has 0 aliphatic heterocycles. The molecule has 304 valence electrons. The summed E-state index contributed by atoms with van der Waals surface area (Å²) in [7, 11) is -6.87.